The summed E-state index contributed by atoms with van der Waals surface area (Å²) in [5.41, 5.74) is 1.07. The molecule has 2 N–H and O–H groups in total. The molecule has 0 saturated heterocycles. The number of hydrogen-bond donors (Lipinski definition) is 2. The van der Waals surface area contributed by atoms with Gasteiger partial charge in [0.2, 0.25) is 11.8 Å². The number of aromatic nitrogens is 1. The lowest BCUT2D eigenvalue weighted by molar-refractivity contribution is -0.150. The molecule has 4 rings (SSSR count). The van der Waals surface area contributed by atoms with Crippen molar-refractivity contribution in [2.24, 2.45) is 35.0 Å². The quantitative estimate of drug-likeness (QED) is 0.621. The number of nitrogens with zero attached hydrogens (tertiary/aromatic N) is 2. The molecule has 3 saturated carbocycles. The van der Waals surface area contributed by atoms with Crippen LogP contribution in [0.4, 0.5) is 0 Å². The van der Waals surface area contributed by atoms with Gasteiger partial charge in [-0.3, -0.25) is 14.6 Å². The topological polar surface area (TPSA) is 82.5 Å². The van der Waals surface area contributed by atoms with Crippen LogP contribution in [0, 0.1) is 35.0 Å². The van der Waals surface area contributed by atoms with Crippen molar-refractivity contribution in [1.29, 1.82) is 0 Å². The normalized spacial score (nSPS) is 34.5. The molecule has 1 aromatic rings. The van der Waals surface area contributed by atoms with E-state index in [-0.39, 0.29) is 52.9 Å². The summed E-state index contributed by atoms with van der Waals surface area (Å²) in [6.07, 6.45) is 12.4. The zero-order valence-corrected chi connectivity index (χ0v) is 22.1. The number of amides is 2. The number of pyridine rings is 1. The van der Waals surface area contributed by atoms with Gasteiger partial charge >= 0.3 is 0 Å². The van der Waals surface area contributed by atoms with Crippen molar-refractivity contribution in [3.8, 4) is 0 Å². The number of carbonyl (C=O) groups is 2. The molecular weight excluding hydrogens is 438 g/mol. The van der Waals surface area contributed by atoms with Gasteiger partial charge in [0.05, 0.1) is 6.10 Å². The average Bonchev–Trinajstić information content (AvgIpc) is 2.86. The van der Waals surface area contributed by atoms with Crippen molar-refractivity contribution in [2.45, 2.75) is 97.2 Å². The van der Waals surface area contributed by atoms with Crippen LogP contribution in [0.15, 0.2) is 24.5 Å². The maximum atomic E-state index is 13.3. The van der Waals surface area contributed by atoms with Crippen molar-refractivity contribution < 1.29 is 14.7 Å². The lowest BCUT2D eigenvalue weighted by atomic mass is 9.51. The molecule has 3 aliphatic rings. The zero-order valence-electron chi connectivity index (χ0n) is 22.1. The Kier molecular flexibility index (Phi) is 8.19. The van der Waals surface area contributed by atoms with E-state index in [2.05, 4.69) is 24.1 Å². The Morgan fingerprint density at radius 1 is 1.20 bits per heavy atom. The van der Waals surface area contributed by atoms with Gasteiger partial charge in [0.25, 0.3) is 0 Å². The summed E-state index contributed by atoms with van der Waals surface area (Å²) in [6.45, 7) is 7.02. The second-order valence-electron chi connectivity index (χ2n) is 12.1. The third-order valence-electron chi connectivity index (χ3n) is 9.74. The lowest BCUT2D eigenvalue weighted by Gasteiger charge is -2.56. The molecule has 6 heteroatoms. The van der Waals surface area contributed by atoms with Crippen LogP contribution in [0.5, 0.6) is 0 Å². The predicted octanol–water partition coefficient (Wildman–Crippen LogP) is 4.56. The summed E-state index contributed by atoms with van der Waals surface area (Å²) < 4.78 is 0. The van der Waals surface area contributed by atoms with Gasteiger partial charge in [0, 0.05) is 43.9 Å². The summed E-state index contributed by atoms with van der Waals surface area (Å²) in [4.78, 5) is 32.2. The maximum absolute atomic E-state index is 13.3. The second kappa shape index (κ2) is 11.0. The first-order chi connectivity index (χ1) is 16.7. The minimum Gasteiger partial charge on any atom is -0.392 e. The highest BCUT2D eigenvalue weighted by Gasteiger charge is 2.54. The van der Waals surface area contributed by atoms with E-state index < -0.39 is 6.10 Å². The van der Waals surface area contributed by atoms with Crippen molar-refractivity contribution >= 4 is 11.8 Å². The number of fused-ring (bicyclic) bond motifs is 1. The summed E-state index contributed by atoms with van der Waals surface area (Å²) >= 11 is 0. The molecule has 6 nitrogen and oxygen atoms in total. The molecule has 194 valence electrons. The Labute approximate surface area is 211 Å². The molecule has 0 bridgehead atoms. The van der Waals surface area contributed by atoms with E-state index in [0.717, 1.165) is 56.9 Å². The van der Waals surface area contributed by atoms with Crippen molar-refractivity contribution in [3.63, 3.8) is 0 Å². The molecule has 2 amide bonds. The summed E-state index contributed by atoms with van der Waals surface area (Å²) in [6, 6.07) is 3.97. The van der Waals surface area contributed by atoms with Crippen LogP contribution in [0.25, 0.3) is 0 Å². The van der Waals surface area contributed by atoms with Gasteiger partial charge in [-0.2, -0.15) is 0 Å². The molecule has 35 heavy (non-hydrogen) atoms. The van der Waals surface area contributed by atoms with E-state index in [0.29, 0.717) is 6.54 Å². The van der Waals surface area contributed by atoms with Gasteiger partial charge in [0.15, 0.2) is 0 Å². The van der Waals surface area contributed by atoms with Crippen LogP contribution < -0.4 is 5.32 Å². The zero-order chi connectivity index (χ0) is 25.2. The number of hydrogen-bond acceptors (Lipinski definition) is 4. The van der Waals surface area contributed by atoms with Crippen LogP contribution in [0.3, 0.4) is 0 Å². The van der Waals surface area contributed by atoms with Gasteiger partial charge in [-0.25, -0.2) is 0 Å². The van der Waals surface area contributed by atoms with Crippen molar-refractivity contribution in [3.05, 3.63) is 30.1 Å². The third kappa shape index (κ3) is 5.58. The number of aliphatic hydroxyl groups is 1. The Morgan fingerprint density at radius 2 is 1.91 bits per heavy atom. The molecule has 0 radical (unpaired) electrons. The number of rotatable bonds is 6. The smallest absolute Gasteiger partial charge is 0.225 e. The summed E-state index contributed by atoms with van der Waals surface area (Å²) in [5, 5.41) is 15.1. The largest absolute Gasteiger partial charge is 0.392 e. The Hall–Kier alpha value is -1.95. The molecule has 0 aliphatic heterocycles. The van der Waals surface area contributed by atoms with Crippen LogP contribution in [-0.2, 0) is 16.1 Å². The van der Waals surface area contributed by atoms with E-state index in [1.807, 2.05) is 26.1 Å². The predicted molar refractivity (Wildman–Crippen MR) is 137 cm³/mol. The first-order valence-electron chi connectivity index (χ1n) is 13.8. The SMILES string of the molecule is C[C@@H]1[C@@H]2[C@@H](O)[C@@H]([C@H](C)C(=O)N(C)Cc3cccnc3)CC[C@]2(C)CC[C@@H]1NC(=O)C1CCCCC1. The highest BCUT2D eigenvalue weighted by atomic mass is 16.3. The summed E-state index contributed by atoms with van der Waals surface area (Å²) in [5.74, 6) is 0.411. The molecule has 1 heterocycles. The van der Waals surface area contributed by atoms with Gasteiger partial charge in [-0.15, -0.1) is 0 Å². The molecule has 0 aromatic carbocycles. The second-order valence-corrected chi connectivity index (χ2v) is 12.1. The molecule has 7 atom stereocenters. The van der Waals surface area contributed by atoms with Gasteiger partial charge in [-0.1, -0.05) is 46.1 Å². The maximum Gasteiger partial charge on any atom is 0.225 e. The first-order valence-corrected chi connectivity index (χ1v) is 13.8. The van der Waals surface area contributed by atoms with E-state index in [1.165, 1.54) is 6.42 Å². The van der Waals surface area contributed by atoms with Crippen LogP contribution >= 0.6 is 0 Å². The van der Waals surface area contributed by atoms with Crippen molar-refractivity contribution in [2.75, 3.05) is 7.05 Å². The molecule has 1 aromatic heterocycles. The van der Waals surface area contributed by atoms with Crippen LogP contribution in [-0.4, -0.2) is 46.0 Å². The first kappa shape index (κ1) is 26.1. The molecule has 0 spiro atoms. The van der Waals surface area contributed by atoms with Gasteiger partial charge in [-0.05, 0) is 73.3 Å². The minimum absolute atomic E-state index is 0.0613. The van der Waals surface area contributed by atoms with Crippen LogP contribution in [0.2, 0.25) is 0 Å². The van der Waals surface area contributed by atoms with E-state index in [9.17, 15) is 14.7 Å². The number of carbonyl (C=O) groups excluding carboxylic acids is 2. The fourth-order valence-electron chi connectivity index (χ4n) is 7.54. The lowest BCUT2D eigenvalue weighted by Crippen LogP contribution is -2.59. The third-order valence-corrected chi connectivity index (χ3v) is 9.74. The molecule has 3 fully saturated rings. The summed E-state index contributed by atoms with van der Waals surface area (Å²) in [7, 11) is 1.84. The Morgan fingerprint density at radius 3 is 2.60 bits per heavy atom. The fraction of sp³-hybridized carbons (Fsp3) is 0.759. The standard InChI is InChI=1S/C29H45N3O3/c1-19(28(35)32(4)18-21-9-8-16-30-17-21)23-12-14-29(3)15-13-24(20(2)25(29)26(23)33)31-27(34)22-10-6-5-7-11-22/h8-9,16-17,19-20,22-26,33H,5-7,10-15,18H2,1-4H3,(H,31,34)/t19-,20-,23+,24-,25+,26-,29+/m0/s1. The average molecular weight is 484 g/mol. The number of aliphatic hydroxyl groups excluding tert-OH is 1. The van der Waals surface area contributed by atoms with Gasteiger partial charge < -0.3 is 15.3 Å². The molecule has 3 aliphatic carbocycles. The van der Waals surface area contributed by atoms with E-state index >= 15 is 0 Å². The minimum atomic E-state index is -0.538. The van der Waals surface area contributed by atoms with E-state index in [4.69, 9.17) is 0 Å². The monoisotopic (exact) mass is 483 g/mol. The fourth-order valence-corrected chi connectivity index (χ4v) is 7.54. The van der Waals surface area contributed by atoms with Gasteiger partial charge in [0.1, 0.15) is 0 Å². The highest BCUT2D eigenvalue weighted by molar-refractivity contribution is 5.79. The van der Waals surface area contributed by atoms with Crippen LogP contribution in [0.1, 0.15) is 84.1 Å². The Balaban J connectivity index is 1.42. The Bertz CT molecular complexity index is 871. The molecule has 0 unspecified atom stereocenters. The van der Waals surface area contributed by atoms with E-state index in [1.54, 1.807) is 17.3 Å². The molecular formula is C29H45N3O3. The van der Waals surface area contributed by atoms with Crippen molar-refractivity contribution in [1.82, 2.24) is 15.2 Å². The highest BCUT2D eigenvalue weighted by Crippen LogP contribution is 2.55. The number of nitrogens with one attached hydrogen (secondary N) is 1.